The molecule has 19 heavy (non-hydrogen) atoms. The summed E-state index contributed by atoms with van der Waals surface area (Å²) in [7, 11) is 0. The zero-order chi connectivity index (χ0) is 13.5. The van der Waals surface area contributed by atoms with E-state index in [0.717, 1.165) is 18.4 Å². The van der Waals surface area contributed by atoms with Crippen LogP contribution in [0.5, 0.6) is 0 Å². The highest BCUT2D eigenvalue weighted by molar-refractivity contribution is 5.32. The zero-order valence-electron chi connectivity index (χ0n) is 11.2. The lowest BCUT2D eigenvalue weighted by atomic mass is 10.0. The molecule has 0 spiro atoms. The Balaban J connectivity index is 2.14. The Morgan fingerprint density at radius 3 is 2.53 bits per heavy atom. The molecule has 0 aliphatic heterocycles. The maximum absolute atomic E-state index is 4.30. The van der Waals surface area contributed by atoms with Crippen LogP contribution in [0, 0.1) is 6.92 Å². The Morgan fingerprint density at radius 2 is 1.89 bits per heavy atom. The lowest BCUT2D eigenvalue weighted by molar-refractivity contribution is 0.697. The molecule has 98 valence electrons. The first-order chi connectivity index (χ1) is 9.29. The number of hydrogen-bond acceptors (Lipinski definition) is 3. The van der Waals surface area contributed by atoms with E-state index < -0.39 is 0 Å². The van der Waals surface area contributed by atoms with Gasteiger partial charge < -0.3 is 5.32 Å². The first kappa shape index (κ1) is 13.3. The SMILES string of the molecule is C=CCCC(Nc1ncc(C)cn1)c1ccccc1. The Kier molecular flexibility index (Phi) is 4.67. The van der Waals surface area contributed by atoms with Gasteiger partial charge in [-0.25, -0.2) is 9.97 Å². The number of nitrogens with one attached hydrogen (secondary N) is 1. The summed E-state index contributed by atoms with van der Waals surface area (Å²) >= 11 is 0. The number of rotatable bonds is 6. The van der Waals surface area contributed by atoms with Gasteiger partial charge in [-0.05, 0) is 30.9 Å². The van der Waals surface area contributed by atoms with Crippen molar-refractivity contribution >= 4 is 5.95 Å². The molecule has 0 amide bonds. The molecular formula is C16H19N3. The standard InChI is InChI=1S/C16H19N3/c1-3-4-10-15(14-8-6-5-7-9-14)19-16-17-11-13(2)12-18-16/h3,5-9,11-12,15H,1,4,10H2,2H3,(H,17,18,19). The van der Waals surface area contributed by atoms with Crippen LogP contribution < -0.4 is 5.32 Å². The summed E-state index contributed by atoms with van der Waals surface area (Å²) in [6.45, 7) is 5.77. The van der Waals surface area contributed by atoms with Crippen molar-refractivity contribution in [3.63, 3.8) is 0 Å². The average molecular weight is 253 g/mol. The van der Waals surface area contributed by atoms with Crippen LogP contribution in [0.15, 0.2) is 55.4 Å². The van der Waals surface area contributed by atoms with Crippen LogP contribution in [0.25, 0.3) is 0 Å². The number of aromatic nitrogens is 2. The predicted octanol–water partition coefficient (Wildman–Crippen LogP) is 3.90. The Labute approximate surface area is 114 Å². The third-order valence-electron chi connectivity index (χ3n) is 2.95. The van der Waals surface area contributed by atoms with Crippen molar-refractivity contribution in [2.45, 2.75) is 25.8 Å². The van der Waals surface area contributed by atoms with Gasteiger partial charge in [-0.2, -0.15) is 0 Å². The number of benzene rings is 1. The van der Waals surface area contributed by atoms with Gasteiger partial charge in [-0.3, -0.25) is 0 Å². The van der Waals surface area contributed by atoms with Gasteiger partial charge in [0.2, 0.25) is 5.95 Å². The number of aryl methyl sites for hydroxylation is 1. The van der Waals surface area contributed by atoms with Crippen molar-refractivity contribution in [2.75, 3.05) is 5.32 Å². The van der Waals surface area contributed by atoms with E-state index in [2.05, 4.69) is 34.0 Å². The highest BCUT2D eigenvalue weighted by atomic mass is 15.1. The van der Waals surface area contributed by atoms with Crippen molar-refractivity contribution in [3.8, 4) is 0 Å². The third-order valence-corrected chi connectivity index (χ3v) is 2.95. The van der Waals surface area contributed by atoms with Crippen molar-refractivity contribution in [3.05, 3.63) is 66.5 Å². The molecule has 1 heterocycles. The molecule has 1 N–H and O–H groups in total. The molecule has 0 bridgehead atoms. The van der Waals surface area contributed by atoms with Crippen molar-refractivity contribution in [1.82, 2.24) is 9.97 Å². The van der Waals surface area contributed by atoms with Crippen LogP contribution in [0.2, 0.25) is 0 Å². The molecule has 0 saturated carbocycles. The van der Waals surface area contributed by atoms with E-state index in [-0.39, 0.29) is 6.04 Å². The summed E-state index contributed by atoms with van der Waals surface area (Å²) in [5.41, 5.74) is 2.31. The summed E-state index contributed by atoms with van der Waals surface area (Å²) < 4.78 is 0. The van der Waals surface area contributed by atoms with Crippen molar-refractivity contribution < 1.29 is 0 Å². The first-order valence-corrected chi connectivity index (χ1v) is 6.50. The van der Waals surface area contributed by atoms with Gasteiger partial charge in [0.25, 0.3) is 0 Å². The molecular weight excluding hydrogens is 234 g/mol. The van der Waals surface area contributed by atoms with Crippen LogP contribution in [0.1, 0.15) is 30.0 Å². The fourth-order valence-electron chi connectivity index (χ4n) is 1.91. The highest BCUT2D eigenvalue weighted by Gasteiger charge is 2.11. The van der Waals surface area contributed by atoms with E-state index >= 15 is 0 Å². The van der Waals surface area contributed by atoms with E-state index in [4.69, 9.17) is 0 Å². The van der Waals surface area contributed by atoms with Crippen LogP contribution >= 0.6 is 0 Å². The molecule has 0 aliphatic carbocycles. The Bertz CT molecular complexity index is 505. The second-order valence-electron chi connectivity index (χ2n) is 4.56. The molecule has 2 rings (SSSR count). The maximum atomic E-state index is 4.30. The van der Waals surface area contributed by atoms with Crippen molar-refractivity contribution in [2.24, 2.45) is 0 Å². The second-order valence-corrected chi connectivity index (χ2v) is 4.56. The number of allylic oxidation sites excluding steroid dienone is 1. The summed E-state index contributed by atoms with van der Waals surface area (Å²) in [4.78, 5) is 8.61. The minimum absolute atomic E-state index is 0.210. The quantitative estimate of drug-likeness (QED) is 0.793. The molecule has 2 aromatic rings. The predicted molar refractivity (Wildman–Crippen MR) is 79.0 cm³/mol. The molecule has 0 saturated heterocycles. The lowest BCUT2D eigenvalue weighted by Gasteiger charge is -2.18. The van der Waals surface area contributed by atoms with Gasteiger partial charge in [0.15, 0.2) is 0 Å². The molecule has 0 radical (unpaired) electrons. The summed E-state index contributed by atoms with van der Waals surface area (Å²) in [6, 6.07) is 10.6. The van der Waals surface area contributed by atoms with Gasteiger partial charge in [-0.15, -0.1) is 6.58 Å². The monoisotopic (exact) mass is 253 g/mol. The van der Waals surface area contributed by atoms with E-state index in [1.807, 2.05) is 43.6 Å². The zero-order valence-corrected chi connectivity index (χ0v) is 11.2. The normalized spacial score (nSPS) is 11.8. The van der Waals surface area contributed by atoms with Crippen LogP contribution in [0.3, 0.4) is 0 Å². The molecule has 1 aromatic heterocycles. The maximum Gasteiger partial charge on any atom is 0.223 e. The molecule has 3 heteroatoms. The minimum atomic E-state index is 0.210. The summed E-state index contributed by atoms with van der Waals surface area (Å²) in [6.07, 6.45) is 7.52. The third kappa shape index (κ3) is 3.91. The van der Waals surface area contributed by atoms with Gasteiger partial charge in [0, 0.05) is 12.4 Å². The van der Waals surface area contributed by atoms with E-state index in [0.29, 0.717) is 5.95 Å². The number of anilines is 1. The molecule has 1 unspecified atom stereocenters. The van der Waals surface area contributed by atoms with Crippen molar-refractivity contribution in [1.29, 1.82) is 0 Å². The molecule has 3 nitrogen and oxygen atoms in total. The molecule has 0 aliphatic rings. The number of hydrogen-bond donors (Lipinski definition) is 1. The van der Waals surface area contributed by atoms with Crippen LogP contribution in [-0.4, -0.2) is 9.97 Å². The fourth-order valence-corrected chi connectivity index (χ4v) is 1.91. The van der Waals surface area contributed by atoms with Crippen LogP contribution in [0.4, 0.5) is 5.95 Å². The molecule has 0 fully saturated rings. The largest absolute Gasteiger partial charge is 0.347 e. The minimum Gasteiger partial charge on any atom is -0.347 e. The topological polar surface area (TPSA) is 37.8 Å². The average Bonchev–Trinajstić information content (AvgIpc) is 2.46. The van der Waals surface area contributed by atoms with E-state index in [1.165, 1.54) is 5.56 Å². The van der Waals surface area contributed by atoms with Gasteiger partial charge in [0.1, 0.15) is 0 Å². The smallest absolute Gasteiger partial charge is 0.223 e. The Hall–Kier alpha value is -2.16. The van der Waals surface area contributed by atoms with E-state index in [9.17, 15) is 0 Å². The van der Waals surface area contributed by atoms with Gasteiger partial charge >= 0.3 is 0 Å². The summed E-state index contributed by atoms with van der Waals surface area (Å²) in [5.74, 6) is 0.670. The molecule has 1 atom stereocenters. The Morgan fingerprint density at radius 1 is 1.21 bits per heavy atom. The van der Waals surface area contributed by atoms with E-state index in [1.54, 1.807) is 0 Å². The van der Waals surface area contributed by atoms with Gasteiger partial charge in [-0.1, -0.05) is 36.4 Å². The number of nitrogens with zero attached hydrogens (tertiary/aromatic N) is 2. The molecule has 1 aromatic carbocycles. The van der Waals surface area contributed by atoms with Gasteiger partial charge in [0.05, 0.1) is 6.04 Å². The highest BCUT2D eigenvalue weighted by Crippen LogP contribution is 2.22. The fraction of sp³-hybridized carbons (Fsp3) is 0.250. The summed E-state index contributed by atoms with van der Waals surface area (Å²) in [5, 5.41) is 3.39. The lowest BCUT2D eigenvalue weighted by Crippen LogP contribution is -2.12. The first-order valence-electron chi connectivity index (χ1n) is 6.50. The second kappa shape index (κ2) is 6.69. The van der Waals surface area contributed by atoms with Crippen LogP contribution in [-0.2, 0) is 0 Å².